The summed E-state index contributed by atoms with van der Waals surface area (Å²) in [7, 11) is 0. The highest BCUT2D eigenvalue weighted by molar-refractivity contribution is 6.03. The molecule has 8 amide bonds. The number of guanidine groups is 4. The summed E-state index contributed by atoms with van der Waals surface area (Å²) in [5.74, 6) is 0.713. The molecule has 618 valence electrons. The van der Waals surface area contributed by atoms with E-state index in [1.54, 1.807) is 178 Å². The Labute approximate surface area is 658 Å². The fourth-order valence-corrected chi connectivity index (χ4v) is 8.99. The van der Waals surface area contributed by atoms with Crippen molar-refractivity contribution in [1.29, 1.82) is 0 Å². The van der Waals surface area contributed by atoms with Gasteiger partial charge in [0.05, 0.1) is 26.4 Å². The van der Waals surface area contributed by atoms with Gasteiger partial charge in [-0.15, -0.1) is 0 Å². The van der Waals surface area contributed by atoms with E-state index in [1.807, 2.05) is 72.8 Å². The van der Waals surface area contributed by atoms with Crippen LogP contribution in [-0.4, -0.2) is 170 Å². The fourth-order valence-electron chi connectivity index (χ4n) is 8.99. The Hall–Kier alpha value is -11.1. The third kappa shape index (κ3) is 42.8. The highest BCUT2D eigenvalue weighted by atomic mass is 16.6. The topological polar surface area (TPSA) is 393 Å². The van der Waals surface area contributed by atoms with E-state index >= 15 is 0 Å². The minimum Gasteiger partial charge on any atom is -0.493 e. The summed E-state index contributed by atoms with van der Waals surface area (Å²) >= 11 is 0. The average Bonchev–Trinajstić information content (AvgIpc) is 0.789. The summed E-state index contributed by atoms with van der Waals surface area (Å²) in [6.45, 7) is 41.2. The highest BCUT2D eigenvalue weighted by Gasteiger charge is 2.27. The number of alkyl carbamates (subject to hydrolysis) is 8. The summed E-state index contributed by atoms with van der Waals surface area (Å²) in [5.41, 5.74) is -2.52. The van der Waals surface area contributed by atoms with Gasteiger partial charge in [0.1, 0.15) is 67.8 Å². The Bertz CT molecular complexity index is 3390. The van der Waals surface area contributed by atoms with Crippen LogP contribution in [0.1, 0.15) is 192 Å². The number of rotatable bonds is 23. The number of hydrogen-bond donors (Lipinski definition) is 8. The Morgan fingerprint density at radius 3 is 0.589 bits per heavy atom. The number of nitrogens with zero attached hydrogens (tertiary/aromatic N) is 4. The molecule has 4 aromatic rings. The van der Waals surface area contributed by atoms with Crippen molar-refractivity contribution in [2.75, 3.05) is 52.6 Å². The SMILES string of the molecule is CC(C)(C)OC(=O)NC(=NCCCOc1cc(OCCCN=C(NC(=O)OC(C)(C)C)NC(=O)OC(C)(C)C)cc(-c2cc(-c3ccccc3)cc(-c3cc(OCCCN=C(NC(=O)OC(C)(C)C)NC(=O)OC(C)(C)C)cc(OCCCN=C(NC(=O)OC(C)(C)C)NC(=O)OC(C)(C)C)c3)c2)c1)NC(=O)OC(C)(C)C. The molecule has 8 N–H and O–H groups in total. The minimum absolute atomic E-state index is 0.0556. The molecule has 0 heterocycles. The number of aliphatic imine (C=N–C) groups is 4. The van der Waals surface area contributed by atoms with Gasteiger partial charge in [-0.1, -0.05) is 30.3 Å². The molecule has 32 nitrogen and oxygen atoms in total. The van der Waals surface area contributed by atoms with E-state index in [9.17, 15) is 38.4 Å². The molecule has 0 aliphatic heterocycles. The van der Waals surface area contributed by atoms with E-state index in [0.29, 0.717) is 45.3 Å². The molecule has 112 heavy (non-hydrogen) atoms. The molecule has 0 atom stereocenters. The number of ether oxygens (including phenoxy) is 12. The maximum atomic E-state index is 12.9. The van der Waals surface area contributed by atoms with Crippen LogP contribution in [0.4, 0.5) is 38.4 Å². The van der Waals surface area contributed by atoms with Crippen LogP contribution < -0.4 is 61.5 Å². The molecule has 0 fully saturated rings. The summed E-state index contributed by atoms with van der Waals surface area (Å²) in [6.07, 6.45) is -5.72. The Morgan fingerprint density at radius 2 is 0.411 bits per heavy atom. The van der Waals surface area contributed by atoms with Crippen LogP contribution in [0.15, 0.2) is 105 Å². The van der Waals surface area contributed by atoms with Crippen LogP contribution >= 0.6 is 0 Å². The second-order valence-electron chi connectivity index (χ2n) is 33.3. The standard InChI is InChI=1S/C80H118N12O20/c1-73(2,3)105-65(93)85-61(86-66(94)106-74(4,5)6)81-34-28-38-101-57-45-55(46-58(49-57)102-39-29-35-82-62(87-67(95)107-75(7,8)9)88-68(96)108-76(10,11)12)53-42-52(51-32-26-25-27-33-51)43-54(44-53)56-47-59(103-40-30-36-83-63(89-69(97)109-77(13,14)15)90-70(98)110-78(16,17)18)50-60(48-56)104-41-31-37-84-64(91-71(99)111-79(19,20)21)92-72(100)112-80(22,23)24/h25-27,32-33,42-50H,28-31,34-41H2,1-24H3,(H2,81,85,86,93,94)(H2,82,87,88,95,96)(H2,83,89,90,97,98)(H2,84,91,92,99,100). The van der Waals surface area contributed by atoms with Crippen LogP contribution in [0.25, 0.3) is 33.4 Å². The molecule has 0 radical (unpaired) electrons. The van der Waals surface area contributed by atoms with Gasteiger partial charge in [-0.3, -0.25) is 62.5 Å². The summed E-state index contributed by atoms with van der Waals surface area (Å²) in [5, 5.41) is 20.0. The van der Waals surface area contributed by atoms with Crippen LogP contribution in [0, 0.1) is 0 Å². The van der Waals surface area contributed by atoms with Crippen molar-refractivity contribution in [2.45, 2.75) is 237 Å². The van der Waals surface area contributed by atoms with E-state index in [0.717, 1.165) is 11.1 Å². The molecule has 4 rings (SSSR count). The van der Waals surface area contributed by atoms with Crippen LogP contribution in [-0.2, 0) is 37.9 Å². The average molecular weight is 1570 g/mol. The number of amides is 8. The molecule has 0 unspecified atom stereocenters. The number of carbonyl (C=O) groups is 8. The molecular formula is C80H118N12O20. The molecule has 0 bridgehead atoms. The van der Waals surface area contributed by atoms with Crippen LogP contribution in [0.5, 0.6) is 23.0 Å². The molecule has 0 aromatic heterocycles. The minimum atomic E-state index is -0.861. The van der Waals surface area contributed by atoms with Crippen molar-refractivity contribution in [3.8, 4) is 56.4 Å². The van der Waals surface area contributed by atoms with E-state index in [2.05, 4.69) is 62.5 Å². The summed E-state index contributed by atoms with van der Waals surface area (Å²) in [4.78, 5) is 121. The van der Waals surface area contributed by atoms with Gasteiger partial charge in [0.15, 0.2) is 0 Å². The molecule has 0 aliphatic rings. The Morgan fingerprint density at radius 1 is 0.241 bits per heavy atom. The fraction of sp³-hybridized carbons (Fsp3) is 0.550. The maximum absolute atomic E-state index is 12.9. The second kappa shape index (κ2) is 41.8. The van der Waals surface area contributed by atoms with Gasteiger partial charge >= 0.3 is 48.7 Å². The van der Waals surface area contributed by atoms with E-state index < -0.39 is 93.6 Å². The van der Waals surface area contributed by atoms with Gasteiger partial charge in [-0.05, 0) is 242 Å². The Balaban J connectivity index is 1.88. The van der Waals surface area contributed by atoms with Crippen molar-refractivity contribution in [3.05, 3.63) is 84.9 Å². The molecule has 0 saturated heterocycles. The number of hydrogen-bond acceptors (Lipinski definition) is 24. The number of nitrogens with one attached hydrogen (secondary N) is 8. The summed E-state index contributed by atoms with van der Waals surface area (Å²) < 4.78 is 69.3. The highest BCUT2D eigenvalue weighted by Crippen LogP contribution is 2.39. The Kier molecular flexibility index (Phi) is 34.8. The zero-order chi connectivity index (χ0) is 84.1. The molecule has 0 aliphatic carbocycles. The lowest BCUT2D eigenvalue weighted by Gasteiger charge is -2.22. The van der Waals surface area contributed by atoms with Crippen LogP contribution in [0.2, 0.25) is 0 Å². The van der Waals surface area contributed by atoms with Crippen molar-refractivity contribution >= 4 is 72.6 Å². The lowest BCUT2D eigenvalue weighted by molar-refractivity contribution is 0.0521. The predicted octanol–water partition coefficient (Wildman–Crippen LogP) is 15.4. The largest absolute Gasteiger partial charge is 0.493 e. The van der Waals surface area contributed by atoms with E-state index in [4.69, 9.17) is 56.8 Å². The van der Waals surface area contributed by atoms with Gasteiger partial charge in [-0.2, -0.15) is 0 Å². The summed E-state index contributed by atoms with van der Waals surface area (Å²) in [6, 6.07) is 26.5. The zero-order valence-electron chi connectivity index (χ0n) is 69.5. The van der Waals surface area contributed by atoms with Gasteiger partial charge < -0.3 is 56.8 Å². The van der Waals surface area contributed by atoms with Crippen molar-refractivity contribution in [3.63, 3.8) is 0 Å². The molecule has 0 spiro atoms. The lowest BCUT2D eigenvalue weighted by atomic mass is 9.93. The maximum Gasteiger partial charge on any atom is 0.414 e. The first kappa shape index (κ1) is 93.3. The predicted molar refractivity (Wildman–Crippen MR) is 427 cm³/mol. The number of carbonyl (C=O) groups excluding carboxylic acids is 8. The smallest absolute Gasteiger partial charge is 0.414 e. The normalized spacial score (nSPS) is 11.8. The van der Waals surface area contributed by atoms with Gasteiger partial charge in [0.25, 0.3) is 0 Å². The van der Waals surface area contributed by atoms with Gasteiger partial charge in [0, 0.05) is 64.0 Å². The van der Waals surface area contributed by atoms with Crippen molar-refractivity contribution in [2.24, 2.45) is 20.0 Å². The first-order chi connectivity index (χ1) is 51.7. The molecule has 0 saturated carbocycles. The van der Waals surface area contributed by atoms with Crippen molar-refractivity contribution in [1.82, 2.24) is 42.5 Å². The quantitative estimate of drug-likeness (QED) is 0.0148. The first-order valence-electron chi connectivity index (χ1n) is 36.9. The second-order valence-corrected chi connectivity index (χ2v) is 33.3. The zero-order valence-corrected chi connectivity index (χ0v) is 69.5. The monoisotopic (exact) mass is 1570 g/mol. The van der Waals surface area contributed by atoms with Gasteiger partial charge in [0.2, 0.25) is 23.8 Å². The lowest BCUT2D eigenvalue weighted by Crippen LogP contribution is -2.47. The van der Waals surface area contributed by atoms with E-state index in [1.165, 1.54) is 0 Å². The third-order valence-corrected chi connectivity index (χ3v) is 12.8. The molecular weight excluding hydrogens is 1450 g/mol. The van der Waals surface area contributed by atoms with Gasteiger partial charge in [-0.25, -0.2) is 38.4 Å². The van der Waals surface area contributed by atoms with Crippen LogP contribution in [0.3, 0.4) is 0 Å². The van der Waals surface area contributed by atoms with Crippen molar-refractivity contribution < 1.29 is 95.2 Å². The molecule has 4 aromatic carbocycles. The molecule has 32 heteroatoms. The first-order valence-corrected chi connectivity index (χ1v) is 36.9. The van der Waals surface area contributed by atoms with E-state index in [-0.39, 0.29) is 102 Å². The number of benzene rings is 4. The third-order valence-electron chi connectivity index (χ3n) is 12.8.